The van der Waals surface area contributed by atoms with Crippen LogP contribution in [-0.4, -0.2) is 52.5 Å². The molecular formula is C34H34N4O7S2. The Hall–Kier alpha value is -4.88. The molecular weight excluding hydrogens is 641 g/mol. The van der Waals surface area contributed by atoms with Gasteiger partial charge in [0.25, 0.3) is 0 Å². The van der Waals surface area contributed by atoms with Crippen LogP contribution in [-0.2, 0) is 32.9 Å². The molecule has 2 aromatic heterocycles. The highest BCUT2D eigenvalue weighted by Gasteiger charge is 2.21. The van der Waals surface area contributed by atoms with E-state index in [2.05, 4.69) is 33.3 Å². The van der Waals surface area contributed by atoms with E-state index in [4.69, 9.17) is 14.2 Å². The number of benzene rings is 2. The molecule has 0 bridgehead atoms. The summed E-state index contributed by atoms with van der Waals surface area (Å²) in [6, 6.07) is 18.7. The molecule has 0 saturated carbocycles. The van der Waals surface area contributed by atoms with Crippen LogP contribution in [0.1, 0.15) is 36.1 Å². The Morgan fingerprint density at radius 3 is 1.49 bits per heavy atom. The Balaban J connectivity index is 1.15. The Morgan fingerprint density at radius 2 is 1.09 bits per heavy atom. The predicted molar refractivity (Wildman–Crippen MR) is 182 cm³/mol. The fraction of sp³-hybridized carbons (Fsp3) is 0.235. The molecule has 2 aliphatic heterocycles. The summed E-state index contributed by atoms with van der Waals surface area (Å²) in [5.74, 6) is 3.27. The van der Waals surface area contributed by atoms with Gasteiger partial charge in [-0.3, -0.25) is 9.44 Å². The van der Waals surface area contributed by atoms with Gasteiger partial charge in [-0.05, 0) is 109 Å². The van der Waals surface area contributed by atoms with Crippen LogP contribution in [0.25, 0.3) is 11.1 Å². The molecule has 0 radical (unpaired) electrons. The first-order valence-corrected chi connectivity index (χ1v) is 18.5. The number of ether oxygens (including phenoxy) is 3. The fourth-order valence-electron chi connectivity index (χ4n) is 5.57. The first kappa shape index (κ1) is 32.1. The van der Waals surface area contributed by atoms with E-state index in [0.29, 0.717) is 37.6 Å². The maximum Gasteiger partial charge on any atom is 0.230 e. The van der Waals surface area contributed by atoms with Crippen LogP contribution in [0.3, 0.4) is 0 Å². The van der Waals surface area contributed by atoms with Crippen molar-refractivity contribution < 1.29 is 31.0 Å². The Bertz CT molecular complexity index is 2010. The quantitative estimate of drug-likeness (QED) is 0.212. The van der Waals surface area contributed by atoms with Crippen molar-refractivity contribution in [3.05, 3.63) is 106 Å². The summed E-state index contributed by atoms with van der Waals surface area (Å²) in [5.41, 5.74) is 8.17. The van der Waals surface area contributed by atoms with Gasteiger partial charge in [0.15, 0.2) is 0 Å². The van der Waals surface area contributed by atoms with Gasteiger partial charge in [-0.15, -0.1) is 0 Å². The molecule has 47 heavy (non-hydrogen) atoms. The van der Waals surface area contributed by atoms with Crippen molar-refractivity contribution in [2.24, 2.45) is 0 Å². The number of nitrogens with zero attached hydrogens (tertiary/aromatic N) is 2. The van der Waals surface area contributed by atoms with E-state index >= 15 is 0 Å². The number of sulfonamides is 2. The van der Waals surface area contributed by atoms with E-state index < -0.39 is 20.0 Å². The third-order valence-corrected chi connectivity index (χ3v) is 9.04. The van der Waals surface area contributed by atoms with E-state index in [0.717, 1.165) is 68.6 Å². The summed E-state index contributed by atoms with van der Waals surface area (Å²) >= 11 is 0. The minimum Gasteiger partial charge on any atom is -0.488 e. The monoisotopic (exact) mass is 674 g/mol. The van der Waals surface area contributed by atoms with Crippen LogP contribution in [0.15, 0.2) is 84.2 Å². The minimum atomic E-state index is -3.42. The summed E-state index contributed by atoms with van der Waals surface area (Å²) in [7, 11) is -6.84. The van der Waals surface area contributed by atoms with E-state index in [1.54, 1.807) is 24.5 Å². The van der Waals surface area contributed by atoms with Crippen LogP contribution >= 0.6 is 0 Å². The first-order chi connectivity index (χ1) is 22.3. The topological polar surface area (TPSA) is 146 Å². The lowest BCUT2D eigenvalue weighted by Crippen LogP contribution is -2.14. The third kappa shape index (κ3) is 7.92. The molecule has 0 amide bonds. The largest absolute Gasteiger partial charge is 0.488 e. The zero-order valence-electron chi connectivity index (χ0n) is 26.3. The summed E-state index contributed by atoms with van der Waals surface area (Å²) in [5, 5.41) is 0. The summed E-state index contributed by atoms with van der Waals surface area (Å²) in [6.07, 6.45) is 6.56. The Labute approximate surface area is 274 Å². The second kappa shape index (κ2) is 12.7. The van der Waals surface area contributed by atoms with Crippen molar-refractivity contribution in [2.45, 2.75) is 26.7 Å². The molecule has 0 fully saturated rings. The van der Waals surface area contributed by atoms with Gasteiger partial charge in [-0.1, -0.05) is 0 Å². The fourth-order valence-corrected chi connectivity index (χ4v) is 6.56. The SMILES string of the molecule is CC1=C(Cc2ccnc(NS(C)(=O)=O)c2)COc2cc(Oc3ccc4c(c3)OCC(Cc3ccnc(NS(C)(=O)=O)c3)=C4C)ccc21. The van der Waals surface area contributed by atoms with Gasteiger partial charge in [0.2, 0.25) is 20.0 Å². The zero-order valence-corrected chi connectivity index (χ0v) is 28.0. The number of hydrogen-bond acceptors (Lipinski definition) is 9. The van der Waals surface area contributed by atoms with Crippen LogP contribution in [0.2, 0.25) is 0 Å². The Kier molecular flexibility index (Phi) is 8.68. The molecule has 2 aromatic carbocycles. The molecule has 0 saturated heterocycles. The molecule has 0 atom stereocenters. The number of allylic oxidation sites excluding steroid dienone is 2. The molecule has 11 nitrogen and oxygen atoms in total. The highest BCUT2D eigenvalue weighted by atomic mass is 32.2. The normalized spacial score (nSPS) is 14.5. The molecule has 244 valence electrons. The van der Waals surface area contributed by atoms with Gasteiger partial charge < -0.3 is 14.2 Å². The molecule has 4 heterocycles. The van der Waals surface area contributed by atoms with Crippen LogP contribution < -0.4 is 23.7 Å². The third-order valence-electron chi connectivity index (χ3n) is 7.88. The number of fused-ring (bicyclic) bond motifs is 2. The zero-order chi connectivity index (χ0) is 33.3. The molecule has 13 heteroatoms. The van der Waals surface area contributed by atoms with Crippen molar-refractivity contribution in [1.29, 1.82) is 0 Å². The number of pyridine rings is 2. The lowest BCUT2D eigenvalue weighted by atomic mass is 9.94. The van der Waals surface area contributed by atoms with Crippen molar-refractivity contribution >= 4 is 42.8 Å². The maximum absolute atomic E-state index is 11.6. The summed E-state index contributed by atoms with van der Waals surface area (Å²) < 4.78 is 69.7. The van der Waals surface area contributed by atoms with Crippen molar-refractivity contribution in [3.63, 3.8) is 0 Å². The average Bonchev–Trinajstić information content (AvgIpc) is 2.99. The second-order valence-electron chi connectivity index (χ2n) is 11.7. The van der Waals surface area contributed by atoms with E-state index in [1.807, 2.05) is 48.5 Å². The highest BCUT2D eigenvalue weighted by molar-refractivity contribution is 7.92. The summed E-state index contributed by atoms with van der Waals surface area (Å²) in [6.45, 7) is 4.91. The number of anilines is 2. The number of hydrogen-bond donors (Lipinski definition) is 2. The van der Waals surface area contributed by atoms with Crippen LogP contribution in [0, 0.1) is 0 Å². The summed E-state index contributed by atoms with van der Waals surface area (Å²) in [4.78, 5) is 8.19. The van der Waals surface area contributed by atoms with Crippen molar-refractivity contribution in [3.8, 4) is 23.0 Å². The van der Waals surface area contributed by atoms with Crippen LogP contribution in [0.5, 0.6) is 23.0 Å². The minimum absolute atomic E-state index is 0.284. The molecule has 4 aromatic rings. The van der Waals surface area contributed by atoms with E-state index in [1.165, 1.54) is 0 Å². The maximum atomic E-state index is 11.6. The number of rotatable bonds is 10. The van der Waals surface area contributed by atoms with Gasteiger partial charge >= 0.3 is 0 Å². The van der Waals surface area contributed by atoms with Crippen molar-refractivity contribution in [1.82, 2.24) is 9.97 Å². The lowest BCUT2D eigenvalue weighted by Gasteiger charge is -2.24. The molecule has 2 N–H and O–H groups in total. The van der Waals surface area contributed by atoms with Gasteiger partial charge in [0, 0.05) is 35.7 Å². The standard InChI is InChI=1S/C34H34N4O7S2/c1-21-25(13-23-9-11-35-33(15-23)37-46(3,39)40)19-43-31-17-27(5-7-29(21)31)45-28-6-8-30-22(2)26(20-44-32(30)18-28)14-24-10-12-36-34(16-24)38-47(4,41)42/h5-12,15-18H,13-14,19-20H2,1-4H3,(H,35,37)(H,36,38). The Morgan fingerprint density at radius 1 is 0.660 bits per heavy atom. The first-order valence-electron chi connectivity index (χ1n) is 14.7. The number of nitrogens with one attached hydrogen (secondary N) is 2. The molecule has 6 rings (SSSR count). The van der Waals surface area contributed by atoms with Gasteiger partial charge in [-0.2, -0.15) is 0 Å². The average molecular weight is 675 g/mol. The van der Waals surface area contributed by atoms with Gasteiger partial charge in [-0.25, -0.2) is 26.8 Å². The smallest absolute Gasteiger partial charge is 0.230 e. The van der Waals surface area contributed by atoms with Crippen molar-refractivity contribution in [2.75, 3.05) is 35.2 Å². The highest BCUT2D eigenvalue weighted by Crippen LogP contribution is 2.40. The molecule has 0 spiro atoms. The number of aromatic nitrogens is 2. The van der Waals surface area contributed by atoms with Crippen LogP contribution in [0.4, 0.5) is 11.6 Å². The molecule has 0 aliphatic carbocycles. The predicted octanol–water partition coefficient (Wildman–Crippen LogP) is 5.83. The van der Waals surface area contributed by atoms with Gasteiger partial charge in [0.05, 0.1) is 12.5 Å². The van der Waals surface area contributed by atoms with E-state index in [9.17, 15) is 16.8 Å². The molecule has 2 aliphatic rings. The van der Waals surface area contributed by atoms with E-state index in [-0.39, 0.29) is 11.6 Å². The van der Waals surface area contributed by atoms with Gasteiger partial charge in [0.1, 0.15) is 47.8 Å². The molecule has 0 unspecified atom stereocenters. The lowest BCUT2D eigenvalue weighted by molar-refractivity contribution is 0.338. The second-order valence-corrected chi connectivity index (χ2v) is 15.2.